The predicted molar refractivity (Wildman–Crippen MR) is 107 cm³/mol. The lowest BCUT2D eigenvalue weighted by Gasteiger charge is -2.11. The number of benzene rings is 1. The van der Waals surface area contributed by atoms with Crippen molar-refractivity contribution in [1.29, 1.82) is 0 Å². The van der Waals surface area contributed by atoms with E-state index in [4.69, 9.17) is 9.15 Å². The summed E-state index contributed by atoms with van der Waals surface area (Å²) in [4.78, 5) is 20.9. The van der Waals surface area contributed by atoms with Crippen molar-refractivity contribution >= 4 is 17.4 Å². The quantitative estimate of drug-likeness (QED) is 0.604. The summed E-state index contributed by atoms with van der Waals surface area (Å²) >= 11 is 0. The lowest BCUT2D eigenvalue weighted by Crippen LogP contribution is -2.20. The number of pyridine rings is 1. The maximum Gasteiger partial charge on any atom is 0.396 e. The lowest BCUT2D eigenvalue weighted by molar-refractivity contribution is -0.130. The van der Waals surface area contributed by atoms with Gasteiger partial charge in [0.05, 0.1) is 24.5 Å². The summed E-state index contributed by atoms with van der Waals surface area (Å²) in [5, 5.41) is 5.73. The third kappa shape index (κ3) is 5.40. The number of nitrogens with one attached hydrogen (secondary N) is 2. The van der Waals surface area contributed by atoms with Crippen LogP contribution in [-0.4, -0.2) is 41.3 Å². The number of hydrogen-bond donors (Lipinski definition) is 2. The third-order valence-electron chi connectivity index (χ3n) is 4.60. The van der Waals surface area contributed by atoms with Crippen molar-refractivity contribution in [1.82, 2.24) is 9.97 Å². The first kappa shape index (κ1) is 20.9. The fourth-order valence-electron chi connectivity index (χ4n) is 3.14. The number of carbonyl (C=O) groups excluding carboxylic acids is 1. The first-order valence-corrected chi connectivity index (χ1v) is 9.61. The van der Waals surface area contributed by atoms with Crippen molar-refractivity contribution in [3.63, 3.8) is 0 Å². The van der Waals surface area contributed by atoms with Crippen LogP contribution >= 0.6 is 0 Å². The number of alkyl halides is 3. The molecule has 31 heavy (non-hydrogen) atoms. The molecule has 3 heterocycles. The summed E-state index contributed by atoms with van der Waals surface area (Å²) in [6.07, 6.45) is -3.67. The van der Waals surface area contributed by atoms with Gasteiger partial charge in [-0.1, -0.05) is 18.2 Å². The Morgan fingerprint density at radius 3 is 2.61 bits per heavy atom. The summed E-state index contributed by atoms with van der Waals surface area (Å²) in [6, 6.07) is 11.9. The van der Waals surface area contributed by atoms with E-state index < -0.39 is 30.0 Å². The van der Waals surface area contributed by atoms with Gasteiger partial charge >= 0.3 is 6.18 Å². The van der Waals surface area contributed by atoms with Gasteiger partial charge < -0.3 is 19.8 Å². The van der Waals surface area contributed by atoms with Gasteiger partial charge in [0.15, 0.2) is 5.69 Å². The fourth-order valence-corrected chi connectivity index (χ4v) is 3.14. The maximum atomic E-state index is 13.0. The molecule has 0 spiro atoms. The van der Waals surface area contributed by atoms with E-state index in [0.717, 1.165) is 6.42 Å². The second-order valence-corrected chi connectivity index (χ2v) is 7.04. The second kappa shape index (κ2) is 8.76. The molecule has 2 N–H and O–H groups in total. The van der Waals surface area contributed by atoms with Crippen LogP contribution < -0.4 is 10.6 Å². The first-order chi connectivity index (χ1) is 14.9. The molecule has 0 aliphatic carbocycles. The Labute approximate surface area is 175 Å². The number of carbonyl (C=O) groups is 1. The van der Waals surface area contributed by atoms with E-state index in [1.165, 1.54) is 6.20 Å². The molecule has 4 rings (SSSR count). The molecule has 1 aromatic carbocycles. The number of amides is 1. The summed E-state index contributed by atoms with van der Waals surface area (Å²) < 4.78 is 49.6. The molecule has 1 unspecified atom stereocenters. The van der Waals surface area contributed by atoms with Crippen LogP contribution in [0.2, 0.25) is 0 Å². The zero-order valence-electron chi connectivity index (χ0n) is 16.3. The van der Waals surface area contributed by atoms with Gasteiger partial charge in [0.25, 0.3) is 5.91 Å². The molecular formula is C21H19F3N4O3. The highest BCUT2D eigenvalue weighted by atomic mass is 19.4. The van der Waals surface area contributed by atoms with Crippen LogP contribution in [0, 0.1) is 0 Å². The lowest BCUT2D eigenvalue weighted by atomic mass is 10.2. The molecule has 162 valence electrons. The molecule has 0 radical (unpaired) electrons. The van der Waals surface area contributed by atoms with Crippen LogP contribution in [0.4, 0.5) is 24.7 Å². The molecule has 1 aliphatic rings. The number of ether oxygens (including phenoxy) is 1. The number of hydrogen-bond acceptors (Lipinski definition) is 6. The van der Waals surface area contributed by atoms with Crippen molar-refractivity contribution in [2.24, 2.45) is 0 Å². The van der Waals surface area contributed by atoms with E-state index in [2.05, 4.69) is 20.6 Å². The molecule has 3 aromatic rings. The van der Waals surface area contributed by atoms with Crippen molar-refractivity contribution in [2.75, 3.05) is 23.8 Å². The highest BCUT2D eigenvalue weighted by Gasteiger charge is 2.34. The summed E-state index contributed by atoms with van der Waals surface area (Å²) in [5.74, 6) is -0.797. The van der Waals surface area contributed by atoms with Gasteiger partial charge in [0.1, 0.15) is 18.0 Å². The van der Waals surface area contributed by atoms with Gasteiger partial charge in [-0.3, -0.25) is 4.79 Å². The van der Waals surface area contributed by atoms with Gasteiger partial charge in [-0.15, -0.1) is 0 Å². The van der Waals surface area contributed by atoms with Crippen LogP contribution in [0.3, 0.4) is 0 Å². The topological polar surface area (TPSA) is 89.3 Å². The van der Waals surface area contributed by atoms with Crippen LogP contribution in [0.1, 0.15) is 22.7 Å². The Balaban J connectivity index is 1.52. The zero-order valence-corrected chi connectivity index (χ0v) is 16.3. The second-order valence-electron chi connectivity index (χ2n) is 7.04. The number of rotatable bonds is 6. The molecule has 1 atom stereocenters. The summed E-state index contributed by atoms with van der Waals surface area (Å²) in [6.45, 7) is 1.28. The Hall–Kier alpha value is -3.40. The smallest absolute Gasteiger partial charge is 0.396 e. The Morgan fingerprint density at radius 2 is 1.97 bits per heavy atom. The molecule has 7 nitrogen and oxygen atoms in total. The van der Waals surface area contributed by atoms with E-state index in [9.17, 15) is 18.0 Å². The van der Waals surface area contributed by atoms with E-state index in [0.29, 0.717) is 30.3 Å². The fraction of sp³-hybridized carbons (Fsp3) is 0.286. The average Bonchev–Trinajstić information content (AvgIpc) is 3.39. The van der Waals surface area contributed by atoms with Crippen LogP contribution in [0.25, 0.3) is 11.5 Å². The molecule has 0 bridgehead atoms. The maximum absolute atomic E-state index is 13.0. The molecule has 1 amide bonds. The van der Waals surface area contributed by atoms with E-state index in [1.54, 1.807) is 42.5 Å². The zero-order chi connectivity index (χ0) is 21.8. The first-order valence-electron chi connectivity index (χ1n) is 9.61. The van der Waals surface area contributed by atoms with Gasteiger partial charge in [-0.05, 0) is 30.7 Å². The highest BCUT2D eigenvalue weighted by Crippen LogP contribution is 2.28. The molecule has 1 saturated heterocycles. The van der Waals surface area contributed by atoms with Crippen LogP contribution in [0.5, 0.6) is 0 Å². The standard InChI is InChI=1S/C21H19F3N4O3/c22-21(23,24)10-16-18(28-20(31-16)13-4-2-1-3-5-13)19(29)27-14-6-7-17(25-11-14)26-15-8-9-30-12-15/h1-7,11,15H,8-10,12H2,(H,25,26)(H,27,29). The summed E-state index contributed by atoms with van der Waals surface area (Å²) in [7, 11) is 0. The molecule has 1 aliphatic heterocycles. The number of halogens is 3. The number of oxazole rings is 1. The number of aromatic nitrogens is 2. The molecule has 0 saturated carbocycles. The van der Waals surface area contributed by atoms with Crippen molar-refractivity contribution in [3.8, 4) is 11.5 Å². The SMILES string of the molecule is O=C(Nc1ccc(NC2CCOC2)nc1)c1nc(-c2ccccc2)oc1CC(F)(F)F. The van der Waals surface area contributed by atoms with Crippen LogP contribution in [0.15, 0.2) is 53.1 Å². The van der Waals surface area contributed by atoms with Gasteiger partial charge in [-0.2, -0.15) is 13.2 Å². The van der Waals surface area contributed by atoms with Crippen molar-refractivity contribution in [3.05, 3.63) is 60.1 Å². The van der Waals surface area contributed by atoms with Gasteiger partial charge in [0.2, 0.25) is 5.89 Å². The van der Waals surface area contributed by atoms with Crippen molar-refractivity contribution < 1.29 is 27.1 Å². The minimum Gasteiger partial charge on any atom is -0.440 e. The largest absolute Gasteiger partial charge is 0.440 e. The van der Waals surface area contributed by atoms with Gasteiger partial charge in [-0.25, -0.2) is 9.97 Å². The normalized spacial score (nSPS) is 16.3. The predicted octanol–water partition coefficient (Wildman–Crippen LogP) is 4.29. The molecule has 2 aromatic heterocycles. The number of nitrogens with zero attached hydrogens (tertiary/aromatic N) is 2. The monoisotopic (exact) mass is 432 g/mol. The van der Waals surface area contributed by atoms with Crippen LogP contribution in [-0.2, 0) is 11.2 Å². The summed E-state index contributed by atoms with van der Waals surface area (Å²) in [5.41, 5.74) is 0.375. The minimum absolute atomic E-state index is 0.0542. The minimum atomic E-state index is -4.55. The van der Waals surface area contributed by atoms with Crippen molar-refractivity contribution in [2.45, 2.75) is 25.1 Å². The number of anilines is 2. The molecule has 1 fully saturated rings. The highest BCUT2D eigenvalue weighted by molar-refractivity contribution is 6.03. The van der Waals surface area contributed by atoms with E-state index in [1.807, 2.05) is 0 Å². The Kier molecular flexibility index (Phi) is 5.90. The molecule has 10 heteroatoms. The Bertz CT molecular complexity index is 1030. The van der Waals surface area contributed by atoms with E-state index in [-0.39, 0.29) is 11.9 Å². The Morgan fingerprint density at radius 1 is 1.16 bits per heavy atom. The van der Waals surface area contributed by atoms with Gasteiger partial charge in [0, 0.05) is 12.2 Å². The average molecular weight is 432 g/mol. The third-order valence-corrected chi connectivity index (χ3v) is 4.60. The molecular weight excluding hydrogens is 413 g/mol. The van der Waals surface area contributed by atoms with E-state index >= 15 is 0 Å².